The van der Waals surface area contributed by atoms with E-state index in [4.69, 9.17) is 11.0 Å². The molecule has 0 spiro atoms. The van der Waals surface area contributed by atoms with Crippen LogP contribution in [0.15, 0.2) is 18.3 Å². The monoisotopic (exact) mass is 366 g/mol. The average molecular weight is 366 g/mol. The van der Waals surface area contributed by atoms with Gasteiger partial charge in [-0.2, -0.15) is 5.26 Å². The van der Waals surface area contributed by atoms with E-state index in [2.05, 4.69) is 10.3 Å². The molecule has 4 bridgehead atoms. The predicted molar refractivity (Wildman–Crippen MR) is 99.1 cm³/mol. The molecule has 5 atom stereocenters. The fraction of sp³-hybridized carbons (Fsp3) is 0.619. The number of pyridine rings is 1. The summed E-state index contributed by atoms with van der Waals surface area (Å²) in [6.07, 6.45) is 6.18. The normalized spacial score (nSPS) is 34.1. The maximum atomic E-state index is 13.1. The standard InChI is InChI=1S/C21H26N4O2/c1-20(2,16-4-3-12(10-22)11-24-16)19(27)25-17-14-5-13-6-15(17)9-21(7-13,8-14)18(23)26/h3-4,11,13-15,17H,5-9H2,1-2H3,(H2,23,26)(H,25,27)/t13?,14-,15+,17?,21?. The highest BCUT2D eigenvalue weighted by molar-refractivity contribution is 5.87. The van der Waals surface area contributed by atoms with E-state index < -0.39 is 5.41 Å². The molecule has 2 amide bonds. The lowest BCUT2D eigenvalue weighted by atomic mass is 9.47. The molecule has 27 heavy (non-hydrogen) atoms. The number of hydrogen-bond donors (Lipinski definition) is 2. The number of carbonyl (C=O) groups excluding carboxylic acids is 2. The van der Waals surface area contributed by atoms with Gasteiger partial charge >= 0.3 is 0 Å². The minimum atomic E-state index is -0.788. The number of carbonyl (C=O) groups is 2. The van der Waals surface area contributed by atoms with E-state index in [0.717, 1.165) is 32.1 Å². The second-order valence-corrected chi connectivity index (χ2v) is 9.28. The van der Waals surface area contributed by atoms with E-state index in [9.17, 15) is 9.59 Å². The summed E-state index contributed by atoms with van der Waals surface area (Å²) in [6, 6.07) is 5.60. The molecule has 1 aromatic heterocycles. The number of aromatic nitrogens is 1. The molecule has 1 aromatic rings. The summed E-state index contributed by atoms with van der Waals surface area (Å²) in [5, 5.41) is 12.2. The molecular formula is C21H26N4O2. The highest BCUT2D eigenvalue weighted by Gasteiger charge is 2.58. The van der Waals surface area contributed by atoms with Crippen molar-refractivity contribution in [2.24, 2.45) is 28.9 Å². The van der Waals surface area contributed by atoms with E-state index >= 15 is 0 Å². The highest BCUT2D eigenvalue weighted by Crippen LogP contribution is 2.60. The molecule has 142 valence electrons. The fourth-order valence-electron chi connectivity index (χ4n) is 5.84. The number of nitriles is 1. The van der Waals surface area contributed by atoms with E-state index in [0.29, 0.717) is 29.0 Å². The molecule has 0 radical (unpaired) electrons. The second kappa shape index (κ2) is 6.05. The zero-order valence-electron chi connectivity index (χ0n) is 15.9. The molecule has 1 heterocycles. The van der Waals surface area contributed by atoms with Crippen LogP contribution in [0.5, 0.6) is 0 Å². The number of amides is 2. The summed E-state index contributed by atoms with van der Waals surface area (Å²) < 4.78 is 0. The lowest BCUT2D eigenvalue weighted by Crippen LogP contribution is -2.63. The first-order valence-electron chi connectivity index (χ1n) is 9.73. The van der Waals surface area contributed by atoms with Crippen LogP contribution in [0, 0.1) is 34.5 Å². The SMILES string of the molecule is CC(C)(C(=O)NC1[C@@H]2CC3C[C@H]1CC(C(N)=O)(C3)C2)c1ccc(C#N)cn1. The maximum absolute atomic E-state index is 13.1. The molecule has 3 N–H and O–H groups in total. The lowest BCUT2D eigenvalue weighted by Gasteiger charge is -2.59. The van der Waals surface area contributed by atoms with Crippen molar-refractivity contribution >= 4 is 11.8 Å². The molecule has 0 saturated heterocycles. The van der Waals surface area contributed by atoms with Gasteiger partial charge in [0, 0.05) is 17.7 Å². The molecule has 4 saturated carbocycles. The minimum Gasteiger partial charge on any atom is -0.369 e. The summed E-state index contributed by atoms with van der Waals surface area (Å²) in [4.78, 5) is 29.5. The van der Waals surface area contributed by atoms with E-state index in [1.165, 1.54) is 6.20 Å². The number of nitrogens with one attached hydrogen (secondary N) is 1. The van der Waals surface area contributed by atoms with Gasteiger partial charge in [-0.05, 0) is 75.8 Å². The van der Waals surface area contributed by atoms with Gasteiger partial charge in [0.05, 0.1) is 16.7 Å². The molecule has 5 rings (SSSR count). The van der Waals surface area contributed by atoms with Crippen LogP contribution in [0.25, 0.3) is 0 Å². The van der Waals surface area contributed by atoms with Crippen molar-refractivity contribution in [2.45, 2.75) is 57.4 Å². The number of hydrogen-bond acceptors (Lipinski definition) is 4. The lowest BCUT2D eigenvalue weighted by molar-refractivity contribution is -0.148. The van der Waals surface area contributed by atoms with Crippen LogP contribution >= 0.6 is 0 Å². The molecule has 4 aliphatic rings. The molecule has 0 aliphatic heterocycles. The van der Waals surface area contributed by atoms with Gasteiger partial charge in [0.2, 0.25) is 11.8 Å². The van der Waals surface area contributed by atoms with Gasteiger partial charge in [-0.3, -0.25) is 14.6 Å². The number of nitrogens with two attached hydrogens (primary N) is 1. The maximum Gasteiger partial charge on any atom is 0.231 e. The third-order valence-corrected chi connectivity index (χ3v) is 7.19. The quantitative estimate of drug-likeness (QED) is 0.849. The van der Waals surface area contributed by atoms with Crippen molar-refractivity contribution in [1.82, 2.24) is 10.3 Å². The van der Waals surface area contributed by atoms with Gasteiger partial charge in [0.25, 0.3) is 0 Å². The Hall–Kier alpha value is -2.42. The zero-order valence-corrected chi connectivity index (χ0v) is 15.9. The van der Waals surface area contributed by atoms with Crippen LogP contribution in [0.2, 0.25) is 0 Å². The van der Waals surface area contributed by atoms with Crippen LogP contribution < -0.4 is 11.1 Å². The molecule has 0 aromatic carbocycles. The van der Waals surface area contributed by atoms with Gasteiger partial charge in [-0.1, -0.05) is 0 Å². The number of nitrogens with zero attached hydrogens (tertiary/aromatic N) is 2. The van der Waals surface area contributed by atoms with Gasteiger partial charge < -0.3 is 11.1 Å². The molecule has 4 aliphatic carbocycles. The Kier molecular flexibility index (Phi) is 4.03. The van der Waals surface area contributed by atoms with Gasteiger partial charge in [0.1, 0.15) is 6.07 Å². The Labute approximate surface area is 159 Å². The molecule has 6 nitrogen and oxygen atoms in total. The third kappa shape index (κ3) is 2.80. The fourth-order valence-corrected chi connectivity index (χ4v) is 5.84. The summed E-state index contributed by atoms with van der Waals surface area (Å²) in [7, 11) is 0. The Morgan fingerprint density at radius 2 is 1.93 bits per heavy atom. The van der Waals surface area contributed by atoms with E-state index in [1.54, 1.807) is 12.1 Å². The summed E-state index contributed by atoms with van der Waals surface area (Å²) >= 11 is 0. The Morgan fingerprint density at radius 3 is 2.44 bits per heavy atom. The summed E-state index contributed by atoms with van der Waals surface area (Å²) in [5.74, 6) is 1.02. The third-order valence-electron chi connectivity index (χ3n) is 7.19. The van der Waals surface area contributed by atoms with Crippen molar-refractivity contribution in [3.8, 4) is 6.07 Å². The first kappa shape index (κ1) is 18.0. The Balaban J connectivity index is 1.51. The van der Waals surface area contributed by atoms with Crippen LogP contribution in [0.4, 0.5) is 0 Å². The van der Waals surface area contributed by atoms with E-state index in [1.807, 2.05) is 19.9 Å². The van der Waals surface area contributed by atoms with Gasteiger partial charge in [-0.25, -0.2) is 0 Å². The summed E-state index contributed by atoms with van der Waals surface area (Å²) in [6.45, 7) is 3.72. The second-order valence-electron chi connectivity index (χ2n) is 9.28. The molecule has 4 fully saturated rings. The first-order valence-corrected chi connectivity index (χ1v) is 9.73. The highest BCUT2D eigenvalue weighted by atomic mass is 16.2. The van der Waals surface area contributed by atoms with E-state index in [-0.39, 0.29) is 23.3 Å². The van der Waals surface area contributed by atoms with Crippen molar-refractivity contribution in [1.29, 1.82) is 5.26 Å². The number of rotatable bonds is 4. The van der Waals surface area contributed by atoms with Crippen molar-refractivity contribution in [2.75, 3.05) is 0 Å². The Morgan fingerprint density at radius 1 is 1.26 bits per heavy atom. The summed E-state index contributed by atoms with van der Waals surface area (Å²) in [5.41, 5.74) is 5.75. The largest absolute Gasteiger partial charge is 0.369 e. The number of primary amides is 1. The van der Waals surface area contributed by atoms with Gasteiger partial charge in [0.15, 0.2) is 0 Å². The van der Waals surface area contributed by atoms with Gasteiger partial charge in [-0.15, -0.1) is 0 Å². The van der Waals surface area contributed by atoms with Crippen LogP contribution in [-0.4, -0.2) is 22.8 Å². The molecular weight excluding hydrogens is 340 g/mol. The molecule has 6 heteroatoms. The Bertz CT molecular complexity index is 808. The smallest absolute Gasteiger partial charge is 0.231 e. The zero-order chi connectivity index (χ0) is 19.4. The topological polar surface area (TPSA) is 109 Å². The first-order chi connectivity index (χ1) is 12.7. The minimum absolute atomic E-state index is 0.0506. The molecule has 3 unspecified atom stereocenters. The van der Waals surface area contributed by atoms with Crippen LogP contribution in [-0.2, 0) is 15.0 Å². The average Bonchev–Trinajstić information content (AvgIpc) is 2.63. The van der Waals surface area contributed by atoms with Crippen molar-refractivity contribution < 1.29 is 9.59 Å². The van der Waals surface area contributed by atoms with Crippen LogP contribution in [0.3, 0.4) is 0 Å². The van der Waals surface area contributed by atoms with Crippen LogP contribution in [0.1, 0.15) is 57.2 Å². The predicted octanol–water partition coefficient (Wildman–Crippen LogP) is 2.03. The van der Waals surface area contributed by atoms with Crippen molar-refractivity contribution in [3.05, 3.63) is 29.6 Å². The van der Waals surface area contributed by atoms with Crippen molar-refractivity contribution in [3.63, 3.8) is 0 Å².